The first-order valence-corrected chi connectivity index (χ1v) is 12.6. The van der Waals surface area contributed by atoms with Gasteiger partial charge in [0.25, 0.3) is 0 Å². The van der Waals surface area contributed by atoms with Gasteiger partial charge in [0.2, 0.25) is 0 Å². The Labute approximate surface area is 204 Å². The quantitative estimate of drug-likeness (QED) is 0.324. The zero-order chi connectivity index (χ0) is 24.8. The smallest absolute Gasteiger partial charge is 0.114 e. The third-order valence-corrected chi connectivity index (χ3v) is 6.44. The first-order valence-electron chi connectivity index (χ1n) is 11.2. The van der Waals surface area contributed by atoms with Crippen LogP contribution in [0.1, 0.15) is 90.0 Å². The van der Waals surface area contributed by atoms with Crippen molar-refractivity contribution in [1.29, 1.82) is 0 Å². The van der Waals surface area contributed by atoms with Crippen LogP contribution >= 0.6 is 23.4 Å². The van der Waals surface area contributed by atoms with Crippen LogP contribution in [0, 0.1) is 21.7 Å². The van der Waals surface area contributed by atoms with Gasteiger partial charge in [-0.2, -0.15) is 0 Å². The lowest BCUT2D eigenvalue weighted by molar-refractivity contribution is 0.162. The van der Waals surface area contributed by atoms with Crippen molar-refractivity contribution in [3.8, 4) is 0 Å². The summed E-state index contributed by atoms with van der Waals surface area (Å²) in [6.07, 6.45) is 0. The Morgan fingerprint density at radius 3 is 1.61 bits per heavy atom. The summed E-state index contributed by atoms with van der Waals surface area (Å²) in [4.78, 5) is 1.21. The van der Waals surface area contributed by atoms with Crippen LogP contribution in [0.5, 0.6) is 0 Å². The zero-order valence-corrected chi connectivity index (χ0v) is 24.0. The van der Waals surface area contributed by atoms with E-state index in [9.17, 15) is 0 Å². The number of rotatable bonds is 3. The van der Waals surface area contributed by atoms with Gasteiger partial charge in [0, 0.05) is 21.1 Å². The lowest BCUT2D eigenvalue weighted by Gasteiger charge is -2.38. The van der Waals surface area contributed by atoms with Crippen molar-refractivity contribution in [2.24, 2.45) is 21.7 Å². The van der Waals surface area contributed by atoms with Crippen molar-refractivity contribution < 1.29 is 0 Å². The largest absolute Gasteiger partial charge is 0.125 e. The van der Waals surface area contributed by atoms with Crippen LogP contribution in [-0.4, -0.2) is 13.6 Å². The van der Waals surface area contributed by atoms with Gasteiger partial charge in [-0.3, -0.25) is 0 Å². The molecule has 174 valence electrons. The minimum Gasteiger partial charge on any atom is -0.125 e. The minimum atomic E-state index is 0.229. The highest BCUT2D eigenvalue weighted by molar-refractivity contribution is 7.99. The van der Waals surface area contributed by atoms with Gasteiger partial charge in [-0.15, -0.1) is 11.8 Å². The lowest BCUT2D eigenvalue weighted by Crippen LogP contribution is -2.31. The molecule has 0 aliphatic heterocycles. The maximum atomic E-state index is 6.41. The van der Waals surface area contributed by atoms with Gasteiger partial charge < -0.3 is 0 Å². The Hall–Kier alpha value is -0.595. The van der Waals surface area contributed by atoms with E-state index in [1.807, 2.05) is 30.0 Å². The molecule has 0 N–H and O–H groups in total. The molecular formula is C28H46BClS. The van der Waals surface area contributed by atoms with Crippen LogP contribution in [0.25, 0.3) is 10.8 Å². The minimum absolute atomic E-state index is 0.229. The molecule has 0 heterocycles. The molecule has 0 bridgehead atoms. The predicted molar refractivity (Wildman–Crippen MR) is 149 cm³/mol. The number of benzene rings is 2. The fraction of sp³-hybridized carbons (Fsp3) is 0.643. The van der Waals surface area contributed by atoms with E-state index in [4.69, 9.17) is 19.4 Å². The van der Waals surface area contributed by atoms with Crippen molar-refractivity contribution in [3.05, 3.63) is 35.4 Å². The van der Waals surface area contributed by atoms with Crippen LogP contribution in [0.3, 0.4) is 0 Å². The van der Waals surface area contributed by atoms with Gasteiger partial charge in [-0.05, 0) is 39.2 Å². The Morgan fingerprint density at radius 1 is 0.742 bits per heavy atom. The van der Waals surface area contributed by atoms with Gasteiger partial charge in [0.1, 0.15) is 7.85 Å². The number of hydrogen-bond donors (Lipinski definition) is 0. The molecule has 0 unspecified atom stereocenters. The molecule has 0 aliphatic rings. The standard InChI is InChI=1S/C18H22BClS.2C5H12/c1-17(2,3)18(4,5)11-21-15-8-6-7-12-13(19)9-10-14(20)16(12)15;2*1-5(2,3)4/h6-10H,11H2,1-5H3;2*1-4H3. The third kappa shape index (κ3) is 12.9. The van der Waals surface area contributed by atoms with E-state index in [1.54, 1.807) is 0 Å². The van der Waals surface area contributed by atoms with Gasteiger partial charge in [0.05, 0.1) is 0 Å². The summed E-state index contributed by atoms with van der Waals surface area (Å²) >= 11 is 8.27. The molecule has 2 rings (SSSR count). The van der Waals surface area contributed by atoms with Crippen LogP contribution in [0.15, 0.2) is 35.2 Å². The highest BCUT2D eigenvalue weighted by Crippen LogP contribution is 2.43. The van der Waals surface area contributed by atoms with Crippen LogP contribution < -0.4 is 5.46 Å². The zero-order valence-electron chi connectivity index (χ0n) is 22.5. The Balaban J connectivity index is 0.000000752. The summed E-state index contributed by atoms with van der Waals surface area (Å²) in [5.74, 6) is 1.04. The molecule has 2 radical (unpaired) electrons. The maximum Gasteiger partial charge on any atom is 0.114 e. The van der Waals surface area contributed by atoms with Crippen molar-refractivity contribution in [2.45, 2.75) is 94.9 Å². The molecule has 0 aliphatic carbocycles. The van der Waals surface area contributed by atoms with E-state index >= 15 is 0 Å². The molecule has 3 heteroatoms. The average molecular weight is 461 g/mol. The fourth-order valence-electron chi connectivity index (χ4n) is 1.95. The van der Waals surface area contributed by atoms with Crippen molar-refractivity contribution in [1.82, 2.24) is 0 Å². The summed E-state index contributed by atoms with van der Waals surface area (Å²) < 4.78 is 0. The lowest BCUT2D eigenvalue weighted by atomic mass is 9.71. The van der Waals surface area contributed by atoms with E-state index in [1.165, 1.54) is 4.90 Å². The molecule has 0 fully saturated rings. The Morgan fingerprint density at radius 2 is 1.19 bits per heavy atom. The van der Waals surface area contributed by atoms with E-state index in [2.05, 4.69) is 102 Å². The highest BCUT2D eigenvalue weighted by atomic mass is 35.5. The average Bonchev–Trinajstić information content (AvgIpc) is 2.52. The van der Waals surface area contributed by atoms with Crippen LogP contribution in [0.4, 0.5) is 0 Å². The van der Waals surface area contributed by atoms with Gasteiger partial charge in [-0.1, -0.05) is 125 Å². The number of fused-ring (bicyclic) bond motifs is 1. The van der Waals surface area contributed by atoms with Gasteiger partial charge >= 0.3 is 0 Å². The van der Waals surface area contributed by atoms with Gasteiger partial charge in [0.15, 0.2) is 0 Å². The molecule has 0 nitrogen and oxygen atoms in total. The summed E-state index contributed by atoms with van der Waals surface area (Å²) in [7, 11) is 6.08. The molecule has 0 atom stereocenters. The molecule has 0 amide bonds. The summed E-state index contributed by atoms with van der Waals surface area (Å²) in [6, 6.07) is 9.99. The van der Waals surface area contributed by atoms with Crippen LogP contribution in [0.2, 0.25) is 5.02 Å². The Kier molecular flexibility index (Phi) is 11.3. The summed E-state index contributed by atoms with van der Waals surface area (Å²) in [6.45, 7) is 29.0. The predicted octanol–water partition coefficient (Wildman–Crippen LogP) is 9.56. The van der Waals surface area contributed by atoms with E-state index in [0.29, 0.717) is 10.8 Å². The van der Waals surface area contributed by atoms with Gasteiger partial charge in [-0.25, -0.2) is 0 Å². The molecule has 2 aromatic carbocycles. The number of halogens is 1. The monoisotopic (exact) mass is 460 g/mol. The molecule has 0 saturated heterocycles. The maximum absolute atomic E-state index is 6.41. The molecule has 0 spiro atoms. The second kappa shape index (κ2) is 11.5. The van der Waals surface area contributed by atoms with E-state index < -0.39 is 0 Å². The molecule has 0 aromatic heterocycles. The SMILES string of the molecule is CC(C)(C)C.CC(C)(C)C.[B]c1ccc(Cl)c2c(SCC(C)(C)C(C)(C)C)cccc12. The first kappa shape index (κ1) is 30.4. The molecule has 0 saturated carbocycles. The molecule has 31 heavy (non-hydrogen) atoms. The van der Waals surface area contributed by atoms with Crippen molar-refractivity contribution in [2.75, 3.05) is 5.75 Å². The molecular weight excluding hydrogens is 415 g/mol. The number of thioether (sulfide) groups is 1. The van der Waals surface area contributed by atoms with Crippen molar-refractivity contribution >= 4 is 47.4 Å². The summed E-state index contributed by atoms with van der Waals surface area (Å²) in [5.41, 5.74) is 2.27. The summed E-state index contributed by atoms with van der Waals surface area (Å²) in [5, 5.41) is 2.89. The van der Waals surface area contributed by atoms with Crippen molar-refractivity contribution in [3.63, 3.8) is 0 Å². The third-order valence-electron chi connectivity index (χ3n) is 4.60. The highest BCUT2D eigenvalue weighted by Gasteiger charge is 2.32. The first-order chi connectivity index (χ1) is 13.6. The molecule has 2 aromatic rings. The topological polar surface area (TPSA) is 0 Å². The Bertz CT molecular complexity index is 794. The second-order valence-electron chi connectivity index (χ2n) is 13.2. The normalized spacial score (nSPS) is 12.6. The number of hydrogen-bond acceptors (Lipinski definition) is 1. The van der Waals surface area contributed by atoms with E-state index in [-0.39, 0.29) is 10.8 Å². The fourth-order valence-corrected chi connectivity index (χ4v) is 3.76. The second-order valence-corrected chi connectivity index (χ2v) is 14.7. The van der Waals surface area contributed by atoms with Crippen LogP contribution in [-0.2, 0) is 0 Å². The van der Waals surface area contributed by atoms with E-state index in [0.717, 1.165) is 27.0 Å².